The van der Waals surface area contributed by atoms with Crippen LogP contribution < -0.4 is 10.5 Å². The maximum Gasteiger partial charge on any atom is 0.283 e. The molecule has 0 fully saturated rings. The number of nitrogens with two attached hydrogens (primary N) is 1. The Morgan fingerprint density at radius 3 is 2.81 bits per heavy atom. The van der Waals surface area contributed by atoms with E-state index in [0.717, 1.165) is 11.1 Å². The number of aliphatic imine (C=N–C) groups is 1. The highest BCUT2D eigenvalue weighted by Gasteiger charge is 2.47. The standard InChI is InChI=1S/C19H13FN4O2/c20-17-12(2-1-6-23-17)11-3-4-15-14(8-11)19(10-25-18(21)24-19)13-5-7-22-9-16(13)26-15/h1-9H,10H2,(H2,21,24). The number of fused-ring (bicyclic) bond motifs is 4. The number of benzene rings is 1. The Morgan fingerprint density at radius 2 is 2.00 bits per heavy atom. The highest BCUT2D eigenvalue weighted by Crippen LogP contribution is 2.51. The monoisotopic (exact) mass is 348 g/mol. The van der Waals surface area contributed by atoms with E-state index in [2.05, 4.69) is 15.0 Å². The lowest BCUT2D eigenvalue weighted by molar-refractivity contribution is 0.264. The summed E-state index contributed by atoms with van der Waals surface area (Å²) in [6.45, 7) is 0.241. The van der Waals surface area contributed by atoms with Crippen LogP contribution in [0.3, 0.4) is 0 Å². The van der Waals surface area contributed by atoms with Gasteiger partial charge in [-0.1, -0.05) is 6.07 Å². The summed E-state index contributed by atoms with van der Waals surface area (Å²) in [7, 11) is 0. The first kappa shape index (κ1) is 14.8. The van der Waals surface area contributed by atoms with E-state index >= 15 is 0 Å². The van der Waals surface area contributed by atoms with Gasteiger partial charge in [-0.25, -0.2) is 9.98 Å². The summed E-state index contributed by atoms with van der Waals surface area (Å²) < 4.78 is 25.6. The van der Waals surface area contributed by atoms with Crippen molar-refractivity contribution in [2.75, 3.05) is 6.61 Å². The number of amidine groups is 1. The van der Waals surface area contributed by atoms with Gasteiger partial charge in [-0.05, 0) is 35.9 Å². The Morgan fingerprint density at radius 1 is 1.08 bits per heavy atom. The molecule has 0 saturated heterocycles. The summed E-state index contributed by atoms with van der Waals surface area (Å²) in [5.74, 6) is 0.677. The molecular formula is C19H13FN4O2. The Balaban J connectivity index is 1.76. The van der Waals surface area contributed by atoms with E-state index in [1.165, 1.54) is 6.20 Å². The van der Waals surface area contributed by atoms with Crippen LogP contribution >= 0.6 is 0 Å². The Kier molecular flexibility index (Phi) is 3.00. The van der Waals surface area contributed by atoms with E-state index in [1.807, 2.05) is 12.1 Å². The third-order valence-corrected chi connectivity index (χ3v) is 4.68. The third kappa shape index (κ3) is 2.00. The van der Waals surface area contributed by atoms with Crippen LogP contribution in [0.25, 0.3) is 11.1 Å². The number of pyridine rings is 2. The highest BCUT2D eigenvalue weighted by molar-refractivity contribution is 5.77. The maximum absolute atomic E-state index is 14.2. The molecule has 0 radical (unpaired) electrons. The summed E-state index contributed by atoms with van der Waals surface area (Å²) in [4.78, 5) is 12.4. The smallest absolute Gasteiger partial charge is 0.283 e. The topological polar surface area (TPSA) is 82.6 Å². The Labute approximate surface area is 148 Å². The number of ether oxygens (including phenoxy) is 2. The lowest BCUT2D eigenvalue weighted by atomic mass is 9.81. The molecule has 3 aromatic rings. The van der Waals surface area contributed by atoms with Gasteiger partial charge >= 0.3 is 0 Å². The van der Waals surface area contributed by atoms with Gasteiger partial charge in [0.2, 0.25) is 5.95 Å². The van der Waals surface area contributed by atoms with Gasteiger partial charge < -0.3 is 15.2 Å². The summed E-state index contributed by atoms with van der Waals surface area (Å²) in [6, 6.07) is 10.8. The fraction of sp³-hybridized carbons (Fsp3) is 0.105. The molecule has 1 aromatic carbocycles. The zero-order valence-corrected chi connectivity index (χ0v) is 13.5. The minimum Gasteiger partial charge on any atom is -0.462 e. The summed E-state index contributed by atoms with van der Waals surface area (Å²) >= 11 is 0. The van der Waals surface area contributed by atoms with E-state index in [9.17, 15) is 4.39 Å². The lowest BCUT2D eigenvalue weighted by Gasteiger charge is -2.33. The van der Waals surface area contributed by atoms with Crippen LogP contribution in [-0.2, 0) is 10.3 Å². The molecule has 1 unspecified atom stereocenters. The predicted octanol–water partition coefficient (Wildman–Crippen LogP) is 2.98. The predicted molar refractivity (Wildman–Crippen MR) is 92.3 cm³/mol. The summed E-state index contributed by atoms with van der Waals surface area (Å²) in [5.41, 5.74) is 7.64. The molecule has 0 saturated carbocycles. The van der Waals surface area contributed by atoms with Crippen LogP contribution in [0.5, 0.6) is 11.5 Å². The number of aromatic nitrogens is 2. The molecule has 128 valence electrons. The van der Waals surface area contributed by atoms with Gasteiger partial charge in [0.25, 0.3) is 6.02 Å². The van der Waals surface area contributed by atoms with Crippen molar-refractivity contribution in [2.24, 2.45) is 10.7 Å². The minimum atomic E-state index is -0.843. The molecule has 0 amide bonds. The van der Waals surface area contributed by atoms with E-state index in [-0.39, 0.29) is 12.6 Å². The van der Waals surface area contributed by atoms with Crippen molar-refractivity contribution >= 4 is 6.02 Å². The number of rotatable bonds is 1. The van der Waals surface area contributed by atoms with E-state index in [4.69, 9.17) is 15.2 Å². The molecule has 0 bridgehead atoms. The highest BCUT2D eigenvalue weighted by atomic mass is 19.1. The van der Waals surface area contributed by atoms with E-state index in [0.29, 0.717) is 22.6 Å². The van der Waals surface area contributed by atoms with Gasteiger partial charge in [0.1, 0.15) is 12.4 Å². The minimum absolute atomic E-state index is 0.110. The van der Waals surface area contributed by atoms with Crippen molar-refractivity contribution in [1.29, 1.82) is 0 Å². The van der Waals surface area contributed by atoms with Crippen LogP contribution in [-0.4, -0.2) is 22.6 Å². The molecular weight excluding hydrogens is 335 g/mol. The molecule has 2 aliphatic rings. The molecule has 5 rings (SSSR count). The number of halogens is 1. The van der Waals surface area contributed by atoms with Crippen molar-refractivity contribution in [3.05, 3.63) is 72.1 Å². The first-order chi connectivity index (χ1) is 12.7. The van der Waals surface area contributed by atoms with Gasteiger partial charge in [0, 0.05) is 29.1 Å². The van der Waals surface area contributed by atoms with Crippen molar-refractivity contribution in [3.63, 3.8) is 0 Å². The second-order valence-electron chi connectivity index (χ2n) is 6.13. The Bertz CT molecular complexity index is 1070. The second kappa shape index (κ2) is 5.26. The van der Waals surface area contributed by atoms with E-state index < -0.39 is 11.5 Å². The van der Waals surface area contributed by atoms with Crippen molar-refractivity contribution in [3.8, 4) is 22.6 Å². The van der Waals surface area contributed by atoms with Crippen LogP contribution in [0.2, 0.25) is 0 Å². The lowest BCUT2D eigenvalue weighted by Crippen LogP contribution is -2.31. The molecule has 1 atom stereocenters. The van der Waals surface area contributed by atoms with Gasteiger partial charge in [0.05, 0.1) is 6.20 Å². The molecule has 26 heavy (non-hydrogen) atoms. The molecule has 2 aromatic heterocycles. The van der Waals surface area contributed by atoms with Gasteiger partial charge in [-0.15, -0.1) is 0 Å². The zero-order chi connectivity index (χ0) is 17.7. The second-order valence-corrected chi connectivity index (χ2v) is 6.13. The first-order valence-electron chi connectivity index (χ1n) is 8.03. The summed E-state index contributed by atoms with van der Waals surface area (Å²) in [5, 5.41) is 0. The molecule has 0 aliphatic carbocycles. The maximum atomic E-state index is 14.2. The Hall–Kier alpha value is -3.48. The third-order valence-electron chi connectivity index (χ3n) is 4.68. The fourth-order valence-electron chi connectivity index (χ4n) is 3.48. The average Bonchev–Trinajstić information content (AvgIpc) is 3.05. The largest absolute Gasteiger partial charge is 0.462 e. The molecule has 4 heterocycles. The van der Waals surface area contributed by atoms with Crippen LogP contribution in [0, 0.1) is 5.95 Å². The molecule has 7 heteroatoms. The normalized spacial score (nSPS) is 20.0. The van der Waals surface area contributed by atoms with Crippen LogP contribution in [0.4, 0.5) is 4.39 Å². The van der Waals surface area contributed by atoms with Gasteiger partial charge in [-0.3, -0.25) is 4.98 Å². The molecule has 1 spiro atoms. The SMILES string of the molecule is NC1=NC2(CO1)c1ccncc1Oc1ccc(-c3cccnc3F)cc12. The molecule has 6 nitrogen and oxygen atoms in total. The van der Waals surface area contributed by atoms with E-state index in [1.54, 1.807) is 36.7 Å². The van der Waals surface area contributed by atoms with Gasteiger partial charge in [0.15, 0.2) is 11.3 Å². The van der Waals surface area contributed by atoms with Crippen molar-refractivity contribution in [1.82, 2.24) is 9.97 Å². The number of nitrogens with zero attached hydrogens (tertiary/aromatic N) is 3. The van der Waals surface area contributed by atoms with Crippen molar-refractivity contribution < 1.29 is 13.9 Å². The number of hydrogen-bond donors (Lipinski definition) is 1. The quantitative estimate of drug-likeness (QED) is 0.684. The molecule has 2 N–H and O–H groups in total. The average molecular weight is 348 g/mol. The summed E-state index contributed by atoms with van der Waals surface area (Å²) in [6.07, 6.45) is 4.73. The van der Waals surface area contributed by atoms with Crippen LogP contribution in [0.15, 0.2) is 60.0 Å². The number of hydrogen-bond acceptors (Lipinski definition) is 6. The van der Waals surface area contributed by atoms with Crippen molar-refractivity contribution in [2.45, 2.75) is 5.54 Å². The van der Waals surface area contributed by atoms with Gasteiger partial charge in [-0.2, -0.15) is 4.39 Å². The van der Waals surface area contributed by atoms with Crippen LogP contribution in [0.1, 0.15) is 11.1 Å². The molecule has 2 aliphatic heterocycles. The fourth-order valence-corrected chi connectivity index (χ4v) is 3.48. The zero-order valence-electron chi connectivity index (χ0n) is 13.5. The first-order valence-corrected chi connectivity index (χ1v) is 8.03.